The van der Waals surface area contributed by atoms with Crippen LogP contribution in [0.15, 0.2) is 77.9 Å². The predicted molar refractivity (Wildman–Crippen MR) is 131 cm³/mol. The summed E-state index contributed by atoms with van der Waals surface area (Å²) in [6, 6.07) is 12.6. The maximum absolute atomic E-state index is 15.1. The number of halogens is 1. The van der Waals surface area contributed by atoms with Gasteiger partial charge in [0.05, 0.1) is 5.56 Å². The molecule has 1 saturated heterocycles. The highest BCUT2D eigenvalue weighted by Gasteiger charge is 2.28. The van der Waals surface area contributed by atoms with Gasteiger partial charge >= 0.3 is 0 Å². The Morgan fingerprint density at radius 3 is 2.72 bits per heavy atom. The SMILES string of the molecule is C=CC(=O)N1CCCC(Nc2ncnc(N=NN)c2C(=O)c2ccc(Oc3ccccc3)cc2F)C1. The number of amides is 1. The lowest BCUT2D eigenvalue weighted by atomic mass is 10.0. The van der Waals surface area contributed by atoms with Gasteiger partial charge in [-0.2, -0.15) is 0 Å². The van der Waals surface area contributed by atoms with E-state index in [0.29, 0.717) is 18.8 Å². The number of anilines is 1. The number of piperidine rings is 1. The van der Waals surface area contributed by atoms with Crippen LogP contribution in [0.2, 0.25) is 0 Å². The first-order valence-corrected chi connectivity index (χ1v) is 11.2. The van der Waals surface area contributed by atoms with Crippen LogP contribution in [0.3, 0.4) is 0 Å². The highest BCUT2D eigenvalue weighted by atomic mass is 19.1. The fraction of sp³-hybridized carbons (Fsp3) is 0.200. The van der Waals surface area contributed by atoms with Crippen LogP contribution in [-0.4, -0.2) is 45.7 Å². The van der Waals surface area contributed by atoms with E-state index in [0.717, 1.165) is 18.9 Å². The molecule has 2 aromatic carbocycles. The molecule has 11 heteroatoms. The maximum atomic E-state index is 15.1. The monoisotopic (exact) mass is 489 g/mol. The van der Waals surface area contributed by atoms with Crippen molar-refractivity contribution >= 4 is 23.3 Å². The Morgan fingerprint density at radius 2 is 2.00 bits per heavy atom. The number of nitrogens with two attached hydrogens (primary N) is 1. The fourth-order valence-electron chi connectivity index (χ4n) is 3.95. The number of hydrogen-bond donors (Lipinski definition) is 2. The Hall–Kier alpha value is -4.67. The van der Waals surface area contributed by atoms with Crippen molar-refractivity contribution in [3.05, 3.63) is 84.5 Å². The Bertz CT molecular complexity index is 1300. The third kappa shape index (κ3) is 5.52. The lowest BCUT2D eigenvalue weighted by Gasteiger charge is -2.33. The normalized spacial score (nSPS) is 15.5. The molecule has 1 amide bonds. The summed E-state index contributed by atoms with van der Waals surface area (Å²) in [6.07, 6.45) is 3.94. The van der Waals surface area contributed by atoms with Crippen LogP contribution >= 0.6 is 0 Å². The van der Waals surface area contributed by atoms with Crippen molar-refractivity contribution in [2.75, 3.05) is 18.4 Å². The summed E-state index contributed by atoms with van der Waals surface area (Å²) in [6.45, 7) is 4.52. The van der Waals surface area contributed by atoms with Crippen LogP contribution in [-0.2, 0) is 4.79 Å². The number of nitrogens with zero attached hydrogens (tertiary/aromatic N) is 5. The topological polar surface area (TPSA) is 135 Å². The van der Waals surface area contributed by atoms with E-state index in [1.165, 1.54) is 24.5 Å². The second-order valence-corrected chi connectivity index (χ2v) is 7.99. The molecule has 3 aromatic rings. The van der Waals surface area contributed by atoms with Gasteiger partial charge in [0.15, 0.2) is 5.82 Å². The van der Waals surface area contributed by atoms with Gasteiger partial charge in [0.2, 0.25) is 11.7 Å². The van der Waals surface area contributed by atoms with E-state index in [2.05, 4.69) is 32.2 Å². The molecule has 184 valence electrons. The minimum absolute atomic E-state index is 0.0884. The van der Waals surface area contributed by atoms with E-state index in [1.807, 2.05) is 6.07 Å². The summed E-state index contributed by atoms with van der Waals surface area (Å²) in [5.74, 6) is 4.32. The fourth-order valence-corrected chi connectivity index (χ4v) is 3.95. The zero-order chi connectivity index (χ0) is 25.5. The number of para-hydroxylation sites is 1. The first-order chi connectivity index (χ1) is 17.5. The third-order valence-corrected chi connectivity index (χ3v) is 5.62. The van der Waals surface area contributed by atoms with Gasteiger partial charge in [0.25, 0.3) is 0 Å². The Kier molecular flexibility index (Phi) is 7.59. The van der Waals surface area contributed by atoms with E-state index in [1.54, 1.807) is 29.2 Å². The van der Waals surface area contributed by atoms with Gasteiger partial charge in [-0.25, -0.2) is 14.4 Å². The minimum atomic E-state index is -0.792. The van der Waals surface area contributed by atoms with Crippen molar-refractivity contribution in [1.82, 2.24) is 14.9 Å². The molecule has 1 aliphatic heterocycles. The number of carbonyl (C=O) groups is 2. The molecule has 0 bridgehead atoms. The molecular formula is C25H24FN7O3. The number of carbonyl (C=O) groups excluding carboxylic acids is 2. The quantitative estimate of drug-likeness (QED) is 0.159. The Morgan fingerprint density at radius 1 is 1.19 bits per heavy atom. The molecule has 4 rings (SSSR count). The lowest BCUT2D eigenvalue weighted by Crippen LogP contribution is -2.44. The van der Waals surface area contributed by atoms with Gasteiger partial charge in [-0.15, -0.1) is 5.11 Å². The molecule has 3 N–H and O–H groups in total. The molecule has 1 aromatic heterocycles. The third-order valence-electron chi connectivity index (χ3n) is 5.62. The van der Waals surface area contributed by atoms with Crippen molar-refractivity contribution in [2.45, 2.75) is 18.9 Å². The summed E-state index contributed by atoms with van der Waals surface area (Å²) in [5, 5.41) is 10.2. The highest BCUT2D eigenvalue weighted by Crippen LogP contribution is 2.30. The zero-order valence-electron chi connectivity index (χ0n) is 19.3. The van der Waals surface area contributed by atoms with E-state index >= 15 is 4.39 Å². The van der Waals surface area contributed by atoms with Gasteiger partial charge in [-0.3, -0.25) is 9.59 Å². The molecule has 0 radical (unpaired) electrons. The summed E-state index contributed by atoms with van der Waals surface area (Å²) < 4.78 is 20.7. The van der Waals surface area contributed by atoms with E-state index in [-0.39, 0.29) is 40.5 Å². The van der Waals surface area contributed by atoms with Crippen LogP contribution in [0, 0.1) is 5.82 Å². The molecular weight excluding hydrogens is 465 g/mol. The molecule has 0 aliphatic carbocycles. The smallest absolute Gasteiger partial charge is 0.246 e. The average Bonchev–Trinajstić information content (AvgIpc) is 2.89. The summed E-state index contributed by atoms with van der Waals surface area (Å²) in [7, 11) is 0. The van der Waals surface area contributed by atoms with Gasteiger partial charge in [-0.1, -0.05) is 30.0 Å². The number of rotatable bonds is 8. The molecule has 1 unspecified atom stereocenters. The van der Waals surface area contributed by atoms with Gasteiger partial charge < -0.3 is 20.8 Å². The van der Waals surface area contributed by atoms with Gasteiger partial charge in [0.1, 0.15) is 35.0 Å². The summed E-state index contributed by atoms with van der Waals surface area (Å²) in [5.41, 5.74) is -0.316. The number of nitrogens with one attached hydrogen (secondary N) is 1. The van der Waals surface area contributed by atoms with Crippen molar-refractivity contribution < 1.29 is 18.7 Å². The van der Waals surface area contributed by atoms with Gasteiger partial charge in [-0.05, 0) is 43.2 Å². The first kappa shape index (κ1) is 24.5. The second kappa shape index (κ2) is 11.2. The number of hydrogen-bond acceptors (Lipinski definition) is 8. The second-order valence-electron chi connectivity index (χ2n) is 7.99. The highest BCUT2D eigenvalue weighted by molar-refractivity contribution is 6.14. The molecule has 0 spiro atoms. The number of benzene rings is 2. The summed E-state index contributed by atoms with van der Waals surface area (Å²) in [4.78, 5) is 35.4. The minimum Gasteiger partial charge on any atom is -0.457 e. The van der Waals surface area contributed by atoms with Crippen LogP contribution in [0.4, 0.5) is 16.0 Å². The molecule has 10 nitrogen and oxygen atoms in total. The summed E-state index contributed by atoms with van der Waals surface area (Å²) >= 11 is 0. The van der Waals surface area contributed by atoms with Gasteiger partial charge in [0, 0.05) is 25.2 Å². The zero-order valence-corrected chi connectivity index (χ0v) is 19.3. The molecule has 1 aliphatic rings. The predicted octanol–water partition coefficient (Wildman–Crippen LogP) is 4.19. The number of aromatic nitrogens is 2. The number of likely N-dealkylation sites (tertiary alicyclic amines) is 1. The van der Waals surface area contributed by atoms with Crippen molar-refractivity contribution in [2.24, 2.45) is 16.2 Å². The van der Waals surface area contributed by atoms with Crippen LogP contribution < -0.4 is 15.9 Å². The standard InChI is InChI=1S/C25H24FN7O3/c1-2-21(34)33-12-6-7-16(14-33)30-24-22(25(31-32-27)29-15-28-24)23(35)19-11-10-18(13-20(19)26)36-17-8-4-3-5-9-17/h2-5,8-11,13,15-16H,1,6-7,12,14H2,(H3,27,28,29,30,31). The molecule has 1 atom stereocenters. The van der Waals surface area contributed by atoms with E-state index in [9.17, 15) is 9.59 Å². The number of ether oxygens (including phenoxy) is 1. The lowest BCUT2D eigenvalue weighted by molar-refractivity contribution is -0.127. The largest absolute Gasteiger partial charge is 0.457 e. The van der Waals surface area contributed by atoms with E-state index in [4.69, 9.17) is 10.6 Å². The van der Waals surface area contributed by atoms with Crippen LogP contribution in [0.25, 0.3) is 0 Å². The Balaban J connectivity index is 1.63. The van der Waals surface area contributed by atoms with Crippen molar-refractivity contribution in [3.63, 3.8) is 0 Å². The van der Waals surface area contributed by atoms with E-state index < -0.39 is 11.6 Å². The molecule has 0 saturated carbocycles. The van der Waals surface area contributed by atoms with Crippen molar-refractivity contribution in [1.29, 1.82) is 0 Å². The number of ketones is 1. The molecule has 36 heavy (non-hydrogen) atoms. The molecule has 1 fully saturated rings. The maximum Gasteiger partial charge on any atom is 0.246 e. The van der Waals surface area contributed by atoms with Crippen LogP contribution in [0.1, 0.15) is 28.8 Å². The van der Waals surface area contributed by atoms with Crippen molar-refractivity contribution in [3.8, 4) is 11.5 Å². The average molecular weight is 490 g/mol. The van der Waals surface area contributed by atoms with Crippen LogP contribution in [0.5, 0.6) is 11.5 Å². The molecule has 2 heterocycles. The Labute approximate surface area is 206 Å². The first-order valence-electron chi connectivity index (χ1n) is 11.2.